The van der Waals surface area contributed by atoms with E-state index in [1.807, 2.05) is 0 Å². The molecule has 2 amide bonds. The van der Waals surface area contributed by atoms with Crippen LogP contribution in [0.5, 0.6) is 0 Å². The van der Waals surface area contributed by atoms with E-state index in [4.69, 9.17) is 0 Å². The summed E-state index contributed by atoms with van der Waals surface area (Å²) in [6.45, 7) is 2.26. The van der Waals surface area contributed by atoms with Crippen molar-refractivity contribution in [1.82, 2.24) is 15.0 Å². The molecule has 0 spiro atoms. The lowest BCUT2D eigenvalue weighted by Gasteiger charge is -2.19. The number of nitrogens with zero attached hydrogens (tertiary/aromatic N) is 5. The van der Waals surface area contributed by atoms with Gasteiger partial charge < -0.3 is 10.2 Å². The fourth-order valence-electron chi connectivity index (χ4n) is 3.42. The van der Waals surface area contributed by atoms with Gasteiger partial charge in [0.15, 0.2) is 5.69 Å². The first-order valence-corrected chi connectivity index (χ1v) is 9.33. The average Bonchev–Trinajstić information content (AvgIpc) is 3.34. The van der Waals surface area contributed by atoms with Crippen molar-refractivity contribution in [1.29, 1.82) is 0 Å². The van der Waals surface area contributed by atoms with Gasteiger partial charge in [-0.1, -0.05) is 23.4 Å². The molecule has 0 unspecified atom stereocenters. The maximum Gasteiger partial charge on any atom is 0.278 e. The summed E-state index contributed by atoms with van der Waals surface area (Å²) in [5.41, 5.74) is 2.00. The third-order valence-corrected chi connectivity index (χ3v) is 4.91. The van der Waals surface area contributed by atoms with Crippen LogP contribution >= 0.6 is 0 Å². The fourth-order valence-corrected chi connectivity index (χ4v) is 3.42. The molecule has 4 rings (SSSR count). The minimum Gasteiger partial charge on any atom is -0.319 e. The summed E-state index contributed by atoms with van der Waals surface area (Å²) >= 11 is 0. The van der Waals surface area contributed by atoms with Crippen LogP contribution in [-0.2, 0) is 4.79 Å². The minimum atomic E-state index is -0.500. The number of nitro benzene ring substituents is 1. The van der Waals surface area contributed by atoms with E-state index >= 15 is 0 Å². The van der Waals surface area contributed by atoms with Gasteiger partial charge >= 0.3 is 0 Å². The van der Waals surface area contributed by atoms with E-state index in [2.05, 4.69) is 15.6 Å². The SMILES string of the molecule is Cc1c(C(=O)Nc2ccccc2N2CCCC2=O)nnn1-c1cccc([N+](=O)[O-])c1. The molecule has 152 valence electrons. The molecule has 3 aromatic rings. The average molecular weight is 406 g/mol. The van der Waals surface area contributed by atoms with Gasteiger partial charge in [-0.05, 0) is 31.5 Å². The molecule has 30 heavy (non-hydrogen) atoms. The van der Waals surface area contributed by atoms with Crippen LogP contribution < -0.4 is 10.2 Å². The first-order valence-electron chi connectivity index (χ1n) is 9.33. The molecule has 0 saturated carbocycles. The molecule has 0 atom stereocenters. The van der Waals surface area contributed by atoms with Gasteiger partial charge in [-0.25, -0.2) is 4.68 Å². The predicted molar refractivity (Wildman–Crippen MR) is 109 cm³/mol. The van der Waals surface area contributed by atoms with Crippen molar-refractivity contribution in [2.75, 3.05) is 16.8 Å². The first kappa shape index (κ1) is 19.2. The second kappa shape index (κ2) is 7.74. The molecule has 1 aromatic heterocycles. The molecular weight excluding hydrogens is 388 g/mol. The van der Waals surface area contributed by atoms with Gasteiger partial charge in [0.1, 0.15) is 0 Å². The van der Waals surface area contributed by atoms with Crippen molar-refractivity contribution in [2.45, 2.75) is 19.8 Å². The number of non-ortho nitro benzene ring substituents is 1. The van der Waals surface area contributed by atoms with E-state index in [0.29, 0.717) is 35.7 Å². The molecule has 1 aliphatic heterocycles. The van der Waals surface area contributed by atoms with Crippen LogP contribution in [0.15, 0.2) is 48.5 Å². The van der Waals surface area contributed by atoms with Gasteiger partial charge in [0.25, 0.3) is 11.6 Å². The van der Waals surface area contributed by atoms with Crippen LogP contribution in [0.1, 0.15) is 29.0 Å². The Morgan fingerprint density at radius 2 is 2.00 bits per heavy atom. The van der Waals surface area contributed by atoms with E-state index in [1.54, 1.807) is 42.2 Å². The lowest BCUT2D eigenvalue weighted by atomic mass is 10.2. The molecule has 1 saturated heterocycles. The number of carbonyl (C=O) groups excluding carboxylic acids is 2. The van der Waals surface area contributed by atoms with E-state index in [0.717, 1.165) is 6.42 Å². The number of nitro groups is 1. The highest BCUT2D eigenvalue weighted by atomic mass is 16.6. The Morgan fingerprint density at radius 1 is 1.20 bits per heavy atom. The van der Waals surface area contributed by atoms with Gasteiger partial charge in [0.2, 0.25) is 5.91 Å². The van der Waals surface area contributed by atoms with Crippen molar-refractivity contribution in [3.8, 4) is 5.69 Å². The van der Waals surface area contributed by atoms with Gasteiger partial charge in [-0.2, -0.15) is 0 Å². The lowest BCUT2D eigenvalue weighted by molar-refractivity contribution is -0.384. The van der Waals surface area contributed by atoms with Crippen LogP contribution in [-0.4, -0.2) is 38.3 Å². The van der Waals surface area contributed by atoms with E-state index in [9.17, 15) is 19.7 Å². The predicted octanol–water partition coefficient (Wildman–Crippen LogP) is 2.86. The maximum absolute atomic E-state index is 12.9. The summed E-state index contributed by atoms with van der Waals surface area (Å²) < 4.78 is 1.37. The van der Waals surface area contributed by atoms with E-state index in [1.165, 1.54) is 22.9 Å². The molecule has 1 fully saturated rings. The molecule has 0 bridgehead atoms. The first-order chi connectivity index (χ1) is 14.5. The van der Waals surface area contributed by atoms with Crippen LogP contribution in [0.4, 0.5) is 17.1 Å². The number of anilines is 2. The number of hydrogen-bond donors (Lipinski definition) is 1. The van der Waals surface area contributed by atoms with Crippen LogP contribution in [0, 0.1) is 17.0 Å². The smallest absolute Gasteiger partial charge is 0.278 e. The third-order valence-electron chi connectivity index (χ3n) is 4.91. The second-order valence-electron chi connectivity index (χ2n) is 6.83. The van der Waals surface area contributed by atoms with Gasteiger partial charge in [-0.3, -0.25) is 19.7 Å². The maximum atomic E-state index is 12.9. The summed E-state index contributed by atoms with van der Waals surface area (Å²) in [7, 11) is 0. The van der Waals surface area contributed by atoms with Gasteiger partial charge in [0.05, 0.1) is 27.7 Å². The molecule has 1 N–H and O–H groups in total. The number of carbonyl (C=O) groups is 2. The molecule has 0 radical (unpaired) electrons. The number of amides is 2. The standard InChI is InChI=1S/C20H18N6O4/c1-13-19(22-23-25(13)14-6-4-7-15(12-14)26(29)30)20(28)21-16-8-2-3-9-17(16)24-11-5-10-18(24)27/h2-4,6-9,12H,5,10-11H2,1H3,(H,21,28). The Hall–Kier alpha value is -4.08. The Bertz CT molecular complexity index is 1160. The largest absolute Gasteiger partial charge is 0.319 e. The number of rotatable bonds is 5. The number of benzene rings is 2. The molecule has 10 heteroatoms. The fraction of sp³-hybridized carbons (Fsp3) is 0.200. The summed E-state index contributed by atoms with van der Waals surface area (Å²) in [4.78, 5) is 37.2. The van der Waals surface area contributed by atoms with E-state index in [-0.39, 0.29) is 17.3 Å². The summed E-state index contributed by atoms with van der Waals surface area (Å²) in [6, 6.07) is 13.0. The Morgan fingerprint density at radius 3 is 2.73 bits per heavy atom. The van der Waals surface area contributed by atoms with Gasteiger partial charge in [0, 0.05) is 25.1 Å². The zero-order valence-electron chi connectivity index (χ0n) is 16.1. The van der Waals surface area contributed by atoms with Crippen LogP contribution in [0.25, 0.3) is 5.69 Å². The van der Waals surface area contributed by atoms with Crippen molar-refractivity contribution < 1.29 is 14.5 Å². The monoisotopic (exact) mass is 406 g/mol. The second-order valence-corrected chi connectivity index (χ2v) is 6.83. The Kier molecular flexibility index (Phi) is 4.97. The molecular formula is C20H18N6O4. The third kappa shape index (κ3) is 3.50. The summed E-state index contributed by atoms with van der Waals surface area (Å²) in [6.07, 6.45) is 1.26. The number of nitrogens with one attached hydrogen (secondary N) is 1. The summed E-state index contributed by atoms with van der Waals surface area (Å²) in [5, 5.41) is 21.8. The zero-order chi connectivity index (χ0) is 21.3. The Balaban J connectivity index is 1.61. The highest BCUT2D eigenvalue weighted by Crippen LogP contribution is 2.30. The molecule has 2 aromatic carbocycles. The highest BCUT2D eigenvalue weighted by Gasteiger charge is 2.25. The summed E-state index contributed by atoms with van der Waals surface area (Å²) in [5.74, 6) is -0.465. The molecule has 10 nitrogen and oxygen atoms in total. The van der Waals surface area contributed by atoms with Crippen LogP contribution in [0.2, 0.25) is 0 Å². The quantitative estimate of drug-likeness (QED) is 0.513. The van der Waals surface area contributed by atoms with Crippen molar-refractivity contribution in [3.63, 3.8) is 0 Å². The number of aromatic nitrogens is 3. The molecule has 2 heterocycles. The van der Waals surface area contributed by atoms with E-state index < -0.39 is 10.8 Å². The highest BCUT2D eigenvalue weighted by molar-refractivity contribution is 6.07. The normalized spacial score (nSPS) is 13.5. The molecule has 0 aliphatic carbocycles. The van der Waals surface area contributed by atoms with Crippen molar-refractivity contribution in [3.05, 3.63) is 70.0 Å². The Labute approximate surface area is 171 Å². The minimum absolute atomic E-state index is 0.0181. The van der Waals surface area contributed by atoms with Gasteiger partial charge in [-0.15, -0.1) is 5.10 Å². The zero-order valence-corrected chi connectivity index (χ0v) is 16.1. The number of para-hydroxylation sites is 2. The number of hydrogen-bond acceptors (Lipinski definition) is 6. The van der Waals surface area contributed by atoms with Crippen molar-refractivity contribution >= 4 is 28.9 Å². The van der Waals surface area contributed by atoms with Crippen LogP contribution in [0.3, 0.4) is 0 Å². The molecule has 1 aliphatic rings. The topological polar surface area (TPSA) is 123 Å². The lowest BCUT2D eigenvalue weighted by Crippen LogP contribution is -2.25. The van der Waals surface area contributed by atoms with Crippen molar-refractivity contribution in [2.24, 2.45) is 0 Å².